The Morgan fingerprint density at radius 2 is 2.00 bits per heavy atom. The summed E-state index contributed by atoms with van der Waals surface area (Å²) < 4.78 is 12.7. The van der Waals surface area contributed by atoms with Crippen molar-refractivity contribution in [1.82, 2.24) is 9.97 Å². The zero-order valence-corrected chi connectivity index (χ0v) is 9.86. The first-order valence-corrected chi connectivity index (χ1v) is 5.56. The molecule has 1 aromatic rings. The SMILES string of the molecule is CC(C)CN(CCCN)c1ncc(F)cn1. The van der Waals surface area contributed by atoms with Gasteiger partial charge in [-0.15, -0.1) is 0 Å². The van der Waals surface area contributed by atoms with Crippen LogP contribution in [0.2, 0.25) is 0 Å². The summed E-state index contributed by atoms with van der Waals surface area (Å²) in [6.07, 6.45) is 3.27. The Bertz CT molecular complexity index is 299. The number of halogens is 1. The molecule has 0 saturated heterocycles. The molecule has 0 aliphatic rings. The Balaban J connectivity index is 2.70. The van der Waals surface area contributed by atoms with Crippen LogP contribution in [0.4, 0.5) is 10.3 Å². The fourth-order valence-electron chi connectivity index (χ4n) is 1.46. The van der Waals surface area contributed by atoms with Crippen LogP contribution >= 0.6 is 0 Å². The van der Waals surface area contributed by atoms with Gasteiger partial charge < -0.3 is 10.6 Å². The number of aromatic nitrogens is 2. The average Bonchev–Trinajstić information content (AvgIpc) is 2.25. The maximum Gasteiger partial charge on any atom is 0.225 e. The van der Waals surface area contributed by atoms with Gasteiger partial charge in [0.2, 0.25) is 5.95 Å². The van der Waals surface area contributed by atoms with Crippen LogP contribution in [0.25, 0.3) is 0 Å². The molecular weight excluding hydrogens is 207 g/mol. The molecule has 0 spiro atoms. The predicted molar refractivity (Wildman–Crippen MR) is 62.7 cm³/mol. The maximum absolute atomic E-state index is 12.7. The van der Waals surface area contributed by atoms with Crippen LogP contribution in [-0.2, 0) is 0 Å². The number of hydrogen-bond donors (Lipinski definition) is 1. The molecule has 4 nitrogen and oxygen atoms in total. The van der Waals surface area contributed by atoms with E-state index in [0.717, 1.165) is 19.5 Å². The Labute approximate surface area is 95.7 Å². The lowest BCUT2D eigenvalue weighted by Gasteiger charge is -2.24. The molecule has 0 atom stereocenters. The zero-order chi connectivity index (χ0) is 12.0. The second-order valence-electron chi connectivity index (χ2n) is 4.18. The standard InChI is InChI=1S/C11H19FN4/c1-9(2)8-16(5-3-4-13)11-14-6-10(12)7-15-11/h6-7,9H,3-5,8,13H2,1-2H3. The van der Waals surface area contributed by atoms with Crippen molar-refractivity contribution in [2.75, 3.05) is 24.5 Å². The van der Waals surface area contributed by atoms with Crippen molar-refractivity contribution in [1.29, 1.82) is 0 Å². The first kappa shape index (κ1) is 12.8. The lowest BCUT2D eigenvalue weighted by Crippen LogP contribution is -2.31. The summed E-state index contributed by atoms with van der Waals surface area (Å²) in [6.45, 7) is 6.54. The summed E-state index contributed by atoms with van der Waals surface area (Å²) in [5, 5.41) is 0. The van der Waals surface area contributed by atoms with Gasteiger partial charge in [-0.1, -0.05) is 13.8 Å². The highest BCUT2D eigenvalue weighted by molar-refractivity contribution is 5.28. The van der Waals surface area contributed by atoms with Gasteiger partial charge in [0.25, 0.3) is 0 Å². The van der Waals surface area contributed by atoms with Gasteiger partial charge in [0.1, 0.15) is 0 Å². The molecule has 0 aromatic carbocycles. The van der Waals surface area contributed by atoms with Crippen molar-refractivity contribution in [3.05, 3.63) is 18.2 Å². The molecule has 0 saturated carbocycles. The molecule has 1 heterocycles. The molecule has 0 radical (unpaired) electrons. The second kappa shape index (κ2) is 6.37. The molecule has 0 aliphatic heterocycles. The molecule has 90 valence electrons. The van der Waals surface area contributed by atoms with Gasteiger partial charge in [-0.25, -0.2) is 14.4 Å². The van der Waals surface area contributed by atoms with Crippen LogP contribution < -0.4 is 10.6 Å². The molecule has 1 aromatic heterocycles. The first-order valence-electron chi connectivity index (χ1n) is 5.56. The molecule has 0 amide bonds. The highest BCUT2D eigenvalue weighted by atomic mass is 19.1. The normalized spacial score (nSPS) is 10.8. The van der Waals surface area contributed by atoms with E-state index in [9.17, 15) is 4.39 Å². The van der Waals surface area contributed by atoms with Crippen molar-refractivity contribution in [2.24, 2.45) is 11.7 Å². The minimum Gasteiger partial charge on any atom is -0.341 e. The van der Waals surface area contributed by atoms with Gasteiger partial charge in [0.15, 0.2) is 5.82 Å². The maximum atomic E-state index is 12.7. The lowest BCUT2D eigenvalue weighted by molar-refractivity contribution is 0.581. The summed E-state index contributed by atoms with van der Waals surface area (Å²) in [6, 6.07) is 0. The van der Waals surface area contributed by atoms with Crippen molar-refractivity contribution in [3.8, 4) is 0 Å². The third kappa shape index (κ3) is 4.10. The van der Waals surface area contributed by atoms with Gasteiger partial charge >= 0.3 is 0 Å². The Kier molecular flexibility index (Phi) is 5.11. The monoisotopic (exact) mass is 226 g/mol. The van der Waals surface area contributed by atoms with Gasteiger partial charge in [0, 0.05) is 13.1 Å². The second-order valence-corrected chi connectivity index (χ2v) is 4.18. The number of nitrogens with zero attached hydrogens (tertiary/aromatic N) is 3. The van der Waals surface area contributed by atoms with Crippen LogP contribution in [-0.4, -0.2) is 29.6 Å². The van der Waals surface area contributed by atoms with Crippen molar-refractivity contribution in [3.63, 3.8) is 0 Å². The van der Waals surface area contributed by atoms with E-state index in [1.165, 1.54) is 12.4 Å². The lowest BCUT2D eigenvalue weighted by atomic mass is 10.2. The molecule has 5 heteroatoms. The van der Waals surface area contributed by atoms with E-state index in [2.05, 4.69) is 23.8 Å². The molecule has 0 bridgehead atoms. The molecular formula is C11H19FN4. The van der Waals surface area contributed by atoms with Crippen LogP contribution in [0.15, 0.2) is 12.4 Å². The summed E-state index contributed by atoms with van der Waals surface area (Å²) in [4.78, 5) is 10.0. The Morgan fingerprint density at radius 1 is 1.38 bits per heavy atom. The fourth-order valence-corrected chi connectivity index (χ4v) is 1.46. The minimum absolute atomic E-state index is 0.410. The van der Waals surface area contributed by atoms with Gasteiger partial charge in [0.05, 0.1) is 12.4 Å². The Morgan fingerprint density at radius 3 is 2.50 bits per heavy atom. The van der Waals surface area contributed by atoms with Crippen molar-refractivity contribution in [2.45, 2.75) is 20.3 Å². The van der Waals surface area contributed by atoms with Crippen molar-refractivity contribution >= 4 is 5.95 Å². The van der Waals surface area contributed by atoms with E-state index in [1.807, 2.05) is 4.90 Å². The summed E-state index contributed by atoms with van der Waals surface area (Å²) in [5.74, 6) is 0.669. The van der Waals surface area contributed by atoms with E-state index in [0.29, 0.717) is 18.4 Å². The predicted octanol–water partition coefficient (Wildman–Crippen LogP) is 1.43. The quantitative estimate of drug-likeness (QED) is 0.797. The van der Waals surface area contributed by atoms with Crippen LogP contribution in [0.1, 0.15) is 20.3 Å². The third-order valence-electron chi connectivity index (χ3n) is 2.11. The first-order chi connectivity index (χ1) is 7.63. The molecule has 0 fully saturated rings. The van der Waals surface area contributed by atoms with E-state index in [4.69, 9.17) is 5.73 Å². The third-order valence-corrected chi connectivity index (χ3v) is 2.11. The van der Waals surface area contributed by atoms with Gasteiger partial charge in [-0.2, -0.15) is 0 Å². The average molecular weight is 226 g/mol. The number of nitrogens with two attached hydrogens (primary N) is 1. The van der Waals surface area contributed by atoms with E-state index < -0.39 is 5.82 Å². The molecule has 0 aliphatic carbocycles. The molecule has 16 heavy (non-hydrogen) atoms. The van der Waals surface area contributed by atoms with E-state index >= 15 is 0 Å². The summed E-state index contributed by atoms with van der Waals surface area (Å²) >= 11 is 0. The number of rotatable bonds is 6. The van der Waals surface area contributed by atoms with Crippen LogP contribution in [0, 0.1) is 11.7 Å². The molecule has 0 unspecified atom stereocenters. The summed E-state index contributed by atoms with van der Waals surface area (Å²) in [7, 11) is 0. The van der Waals surface area contributed by atoms with Gasteiger partial charge in [-0.05, 0) is 18.9 Å². The number of anilines is 1. The highest BCUT2D eigenvalue weighted by Crippen LogP contribution is 2.09. The largest absolute Gasteiger partial charge is 0.341 e. The van der Waals surface area contributed by atoms with E-state index in [1.54, 1.807) is 0 Å². The highest BCUT2D eigenvalue weighted by Gasteiger charge is 2.10. The van der Waals surface area contributed by atoms with Crippen molar-refractivity contribution < 1.29 is 4.39 Å². The van der Waals surface area contributed by atoms with Gasteiger partial charge in [-0.3, -0.25) is 0 Å². The Hall–Kier alpha value is -1.23. The molecule has 1 rings (SSSR count). The fraction of sp³-hybridized carbons (Fsp3) is 0.636. The number of hydrogen-bond acceptors (Lipinski definition) is 4. The zero-order valence-electron chi connectivity index (χ0n) is 9.86. The minimum atomic E-state index is -0.410. The topological polar surface area (TPSA) is 55.0 Å². The van der Waals surface area contributed by atoms with E-state index in [-0.39, 0.29) is 0 Å². The smallest absolute Gasteiger partial charge is 0.225 e. The van der Waals surface area contributed by atoms with Crippen LogP contribution in [0.5, 0.6) is 0 Å². The summed E-state index contributed by atoms with van der Waals surface area (Å²) in [5.41, 5.74) is 5.48. The molecule has 2 N–H and O–H groups in total. The van der Waals surface area contributed by atoms with Crippen LogP contribution in [0.3, 0.4) is 0 Å².